The van der Waals surface area contributed by atoms with Gasteiger partial charge in [0.1, 0.15) is 11.6 Å². The Morgan fingerprint density at radius 2 is 1.42 bits per heavy atom. The highest BCUT2D eigenvalue weighted by Crippen LogP contribution is 2.36. The van der Waals surface area contributed by atoms with E-state index >= 15 is 0 Å². The number of fused-ring (bicyclic) bond motifs is 1. The third-order valence-corrected chi connectivity index (χ3v) is 7.23. The van der Waals surface area contributed by atoms with E-state index < -0.39 is 48.1 Å². The highest BCUT2D eigenvalue weighted by molar-refractivity contribution is 5.73. The summed E-state index contributed by atoms with van der Waals surface area (Å²) in [5.74, 6) is -9.13. The maximum Gasteiger partial charge on any atom is 0.490 e. The summed E-state index contributed by atoms with van der Waals surface area (Å²) in [5, 5.41) is 28.6. The molecule has 3 atom stereocenters. The molecular formula is C29H29F11N6O6. The highest BCUT2D eigenvalue weighted by atomic mass is 19.4. The summed E-state index contributed by atoms with van der Waals surface area (Å²) in [6, 6.07) is 9.02. The van der Waals surface area contributed by atoms with Crippen molar-refractivity contribution in [3.63, 3.8) is 0 Å². The quantitative estimate of drug-likeness (QED) is 0.227. The first-order chi connectivity index (χ1) is 23.9. The summed E-state index contributed by atoms with van der Waals surface area (Å²) in [7, 11) is 0. The number of nitrogens with zero attached hydrogens (tertiary/aromatic N) is 4. The maximum absolute atomic E-state index is 14.7. The molecule has 1 fully saturated rings. The first-order valence-electron chi connectivity index (χ1n) is 14.4. The molecule has 1 saturated heterocycles. The molecule has 0 unspecified atom stereocenters. The third-order valence-electron chi connectivity index (χ3n) is 7.23. The van der Waals surface area contributed by atoms with Gasteiger partial charge in [0.05, 0.1) is 17.9 Å². The number of likely N-dealkylation sites (tertiary alicyclic amines) is 1. The molecule has 0 aliphatic carbocycles. The molecule has 3 aromatic rings. The number of nitrogens with one attached hydrogen (secondary N) is 1. The van der Waals surface area contributed by atoms with Gasteiger partial charge < -0.3 is 21.1 Å². The van der Waals surface area contributed by atoms with Gasteiger partial charge in [-0.3, -0.25) is 19.9 Å². The van der Waals surface area contributed by atoms with Crippen molar-refractivity contribution >= 4 is 17.9 Å². The molecule has 0 radical (unpaired) electrons. The van der Waals surface area contributed by atoms with Gasteiger partial charge in [-0.05, 0) is 36.8 Å². The molecule has 6 N–H and O–H groups in total. The lowest BCUT2D eigenvalue weighted by Crippen LogP contribution is -2.56. The van der Waals surface area contributed by atoms with Gasteiger partial charge in [-0.15, -0.1) is 0 Å². The number of benzene rings is 1. The molecule has 12 nitrogen and oxygen atoms in total. The number of carboxylic acids is 3. The number of carboxylic acid groups (broad SMARTS) is 3. The zero-order chi connectivity index (χ0) is 39.6. The molecule has 288 valence electrons. The van der Waals surface area contributed by atoms with E-state index in [1.807, 2.05) is 24.4 Å². The van der Waals surface area contributed by atoms with Gasteiger partial charge in [-0.2, -0.15) is 44.6 Å². The molecule has 23 heteroatoms. The number of halogens is 11. The van der Waals surface area contributed by atoms with Crippen LogP contribution in [0.3, 0.4) is 0 Å². The number of carbonyl (C=O) groups is 3. The predicted molar refractivity (Wildman–Crippen MR) is 154 cm³/mol. The van der Waals surface area contributed by atoms with E-state index in [4.69, 9.17) is 35.4 Å². The van der Waals surface area contributed by atoms with Gasteiger partial charge in [-0.25, -0.2) is 23.2 Å². The van der Waals surface area contributed by atoms with Gasteiger partial charge in [-0.1, -0.05) is 6.07 Å². The Morgan fingerprint density at radius 1 is 0.865 bits per heavy atom. The molecule has 2 aromatic heterocycles. The molecule has 0 spiro atoms. The largest absolute Gasteiger partial charge is 0.490 e. The van der Waals surface area contributed by atoms with Crippen molar-refractivity contribution in [2.75, 3.05) is 13.1 Å². The summed E-state index contributed by atoms with van der Waals surface area (Å²) in [6.07, 6.45) is -10.2. The minimum atomic E-state index is -5.08. The molecule has 2 aliphatic rings. The van der Waals surface area contributed by atoms with Crippen LogP contribution in [-0.2, 0) is 33.9 Å². The fourth-order valence-electron chi connectivity index (χ4n) is 4.99. The smallest absolute Gasteiger partial charge is 0.475 e. The number of hydrogen-bond donors (Lipinski definition) is 5. The van der Waals surface area contributed by atoms with Gasteiger partial charge in [0.2, 0.25) is 0 Å². The zero-order valence-corrected chi connectivity index (χ0v) is 26.2. The van der Waals surface area contributed by atoms with E-state index in [1.54, 1.807) is 6.20 Å². The lowest BCUT2D eigenvalue weighted by Gasteiger charge is -2.46. The molecule has 5 rings (SSSR count). The number of alkyl halides is 9. The van der Waals surface area contributed by atoms with Crippen LogP contribution in [-0.4, -0.2) is 102 Å². The summed E-state index contributed by atoms with van der Waals surface area (Å²) in [6.45, 7) is 3.04. The monoisotopic (exact) mass is 766 g/mol. The molecule has 2 aliphatic heterocycles. The molecule has 0 bridgehead atoms. The van der Waals surface area contributed by atoms with Crippen LogP contribution in [0.2, 0.25) is 0 Å². The van der Waals surface area contributed by atoms with E-state index in [0.29, 0.717) is 12.1 Å². The number of rotatable bonds is 5. The number of pyridine rings is 1. The van der Waals surface area contributed by atoms with Crippen molar-refractivity contribution in [2.45, 2.75) is 62.6 Å². The molecule has 0 saturated carbocycles. The van der Waals surface area contributed by atoms with E-state index in [9.17, 15) is 48.3 Å². The molecule has 0 amide bonds. The number of aliphatic carboxylic acids is 3. The number of aromatic nitrogens is 3. The lowest BCUT2D eigenvalue weighted by molar-refractivity contribution is -0.193. The standard InChI is InChI=1S/C23H26F2N6.3C2HF3O2/c24-16-4-5-20(25)19(9-16)23-21(26)10-18(31-12-15-11-28-29-22(15)14-31)13-30(23)8-6-17-3-1-2-7-27-17;3*3-2(4,5)1(6)7/h1-5,7,9,11,18,21,23H,6,8,10,12-14,26H2,(H,28,29);3*(H,6,7)/t18-,21+,23-;;;/m1.../s1. The second-order valence-corrected chi connectivity index (χ2v) is 10.9. The average molecular weight is 767 g/mol. The fourth-order valence-corrected chi connectivity index (χ4v) is 4.99. The minimum absolute atomic E-state index is 0.229. The van der Waals surface area contributed by atoms with Gasteiger partial charge in [0, 0.05) is 67.7 Å². The van der Waals surface area contributed by atoms with Crippen LogP contribution in [0.15, 0.2) is 48.8 Å². The molecule has 1 aromatic carbocycles. The van der Waals surface area contributed by atoms with Gasteiger partial charge in [0.25, 0.3) is 0 Å². The van der Waals surface area contributed by atoms with Crippen LogP contribution in [0.25, 0.3) is 0 Å². The summed E-state index contributed by atoms with van der Waals surface area (Å²) < 4.78 is 124. The van der Waals surface area contributed by atoms with E-state index in [1.165, 1.54) is 17.7 Å². The van der Waals surface area contributed by atoms with Crippen LogP contribution in [0.4, 0.5) is 48.3 Å². The number of H-pyrrole nitrogens is 1. The Kier molecular flexibility index (Phi) is 15.0. The first-order valence-corrected chi connectivity index (χ1v) is 14.4. The number of piperidine rings is 1. The number of hydrogen-bond acceptors (Lipinski definition) is 8. The summed E-state index contributed by atoms with van der Waals surface area (Å²) in [4.78, 5) is 35.7. The second-order valence-electron chi connectivity index (χ2n) is 10.9. The van der Waals surface area contributed by atoms with Crippen LogP contribution < -0.4 is 5.73 Å². The summed E-state index contributed by atoms with van der Waals surface area (Å²) in [5.41, 5.74) is 10.3. The van der Waals surface area contributed by atoms with E-state index in [0.717, 1.165) is 49.9 Å². The van der Waals surface area contributed by atoms with Crippen molar-refractivity contribution < 1.29 is 78.0 Å². The second kappa shape index (κ2) is 18.0. The number of nitrogens with two attached hydrogens (primary N) is 1. The Bertz CT molecular complexity index is 1560. The normalized spacial score (nSPS) is 19.1. The van der Waals surface area contributed by atoms with Crippen LogP contribution in [0, 0.1) is 11.6 Å². The molecular weight excluding hydrogens is 737 g/mol. The first kappa shape index (κ1) is 43.3. The van der Waals surface area contributed by atoms with Crippen LogP contribution >= 0.6 is 0 Å². The maximum atomic E-state index is 14.7. The predicted octanol–water partition coefficient (Wildman–Crippen LogP) is 4.68. The SMILES string of the molecule is N[C@H]1C[C@@H](N2Cc3cn[nH]c3C2)CN(CCc2ccccn2)[C@@H]1c1cc(F)ccc1F.O=C(O)C(F)(F)F.O=C(O)C(F)(F)F.O=C(O)C(F)(F)F. The van der Waals surface area contributed by atoms with Crippen molar-refractivity contribution in [3.8, 4) is 0 Å². The van der Waals surface area contributed by atoms with E-state index in [-0.39, 0.29) is 18.1 Å². The van der Waals surface area contributed by atoms with Gasteiger partial charge >= 0.3 is 36.4 Å². The topological polar surface area (TPSA) is 186 Å². The molecule has 52 heavy (non-hydrogen) atoms. The van der Waals surface area contributed by atoms with Crippen molar-refractivity contribution in [2.24, 2.45) is 5.73 Å². The Morgan fingerprint density at radius 3 is 1.90 bits per heavy atom. The molecule has 4 heterocycles. The van der Waals surface area contributed by atoms with Crippen LogP contribution in [0.1, 0.15) is 35.0 Å². The van der Waals surface area contributed by atoms with Crippen molar-refractivity contribution in [3.05, 3.63) is 82.9 Å². The van der Waals surface area contributed by atoms with Gasteiger partial charge in [0.15, 0.2) is 0 Å². The third kappa shape index (κ3) is 13.3. The van der Waals surface area contributed by atoms with E-state index in [2.05, 4.69) is 25.0 Å². The van der Waals surface area contributed by atoms with Crippen LogP contribution in [0.5, 0.6) is 0 Å². The summed E-state index contributed by atoms with van der Waals surface area (Å²) >= 11 is 0. The fraction of sp³-hybridized carbons (Fsp3) is 0.414. The Hall–Kier alpha value is -4.90. The Balaban J connectivity index is 0.000000365. The number of aromatic amines is 1. The van der Waals surface area contributed by atoms with Crippen molar-refractivity contribution in [1.29, 1.82) is 0 Å². The Labute approximate surface area is 285 Å². The van der Waals surface area contributed by atoms with Crippen molar-refractivity contribution in [1.82, 2.24) is 25.0 Å². The minimum Gasteiger partial charge on any atom is -0.475 e. The highest BCUT2D eigenvalue weighted by Gasteiger charge is 2.41. The lowest BCUT2D eigenvalue weighted by atomic mass is 9.87. The average Bonchev–Trinajstić information content (AvgIpc) is 3.64. The zero-order valence-electron chi connectivity index (χ0n) is 26.2.